The summed E-state index contributed by atoms with van der Waals surface area (Å²) in [6, 6.07) is 64.6. The molecule has 2 aliphatic carbocycles. The average Bonchev–Trinajstić information content (AvgIpc) is 1.72. The number of para-hydroxylation sites is 2. The Labute approximate surface area is 529 Å². The fourth-order valence-corrected chi connectivity index (χ4v) is 20.8. The number of anilines is 4. The standard InChI is InChI=1S/C72H48N6O4S6/c79-71(80)43-27-39(25-41(29-43)59-33-63-65(83-59)35-61(85-63)53-23-21-47(67-69(53)75-87-73-67)37-17-19-51-49-13-7-15-55(49)77(57(51)31-37)45-9-3-1-4-10-45)40-26-42(30-44(28-40)72(81)82)60-34-64-66(84-60)36-62(86-64)54-24-22-48(68-70(54)76-88-74-68)38-18-20-52-50-14-8-16-56(50)78(58(52)32-38)46-11-5-2-6-12-46/h1-6,9-12,17-36,49-50,55-56H,7-8,13-16H2,(H,79,80)(H,81,82). The van der Waals surface area contributed by atoms with Gasteiger partial charge in [-0.3, -0.25) is 0 Å². The van der Waals surface area contributed by atoms with E-state index in [1.807, 2.05) is 12.1 Å². The second kappa shape index (κ2) is 20.4. The van der Waals surface area contributed by atoms with Crippen molar-refractivity contribution in [2.75, 3.05) is 9.80 Å². The third kappa shape index (κ3) is 8.40. The van der Waals surface area contributed by atoms with Crippen LogP contribution in [0.1, 0.15) is 82.2 Å². The summed E-state index contributed by atoms with van der Waals surface area (Å²) < 4.78 is 23.9. The van der Waals surface area contributed by atoms with Crippen LogP contribution in [-0.2, 0) is 0 Å². The zero-order valence-corrected chi connectivity index (χ0v) is 51.6. The molecule has 88 heavy (non-hydrogen) atoms. The Kier molecular flexibility index (Phi) is 12.2. The molecule has 426 valence electrons. The number of rotatable bonds is 11. The first-order valence-electron chi connectivity index (χ1n) is 29.5. The highest BCUT2D eigenvalue weighted by Gasteiger charge is 2.44. The zero-order valence-electron chi connectivity index (χ0n) is 46.7. The van der Waals surface area contributed by atoms with Crippen LogP contribution in [0.5, 0.6) is 0 Å². The summed E-state index contributed by atoms with van der Waals surface area (Å²) in [7, 11) is 0. The molecule has 0 spiro atoms. The molecule has 4 unspecified atom stereocenters. The van der Waals surface area contributed by atoms with Crippen LogP contribution in [0.3, 0.4) is 0 Å². The van der Waals surface area contributed by atoms with E-state index in [1.165, 1.54) is 95.9 Å². The smallest absolute Gasteiger partial charge is 0.335 e. The van der Waals surface area contributed by atoms with Crippen LogP contribution in [0, 0.1) is 0 Å². The highest BCUT2D eigenvalue weighted by atomic mass is 32.1. The van der Waals surface area contributed by atoms with E-state index in [4.69, 9.17) is 17.5 Å². The number of carbonyl (C=O) groups is 2. The first kappa shape index (κ1) is 52.4. The minimum atomic E-state index is -1.06. The Morgan fingerprint density at radius 1 is 0.375 bits per heavy atom. The number of benzene rings is 8. The molecule has 8 heterocycles. The molecule has 0 saturated heterocycles. The molecule has 2 N–H and O–H groups in total. The molecule has 6 aromatic heterocycles. The Balaban J connectivity index is 0.637. The molecule has 0 amide bonds. The second-order valence-corrected chi connectivity index (χ2v) is 28.9. The lowest BCUT2D eigenvalue weighted by molar-refractivity contribution is 0.0686. The minimum absolute atomic E-state index is 0.121. The lowest BCUT2D eigenvalue weighted by atomic mass is 9.94. The highest BCUT2D eigenvalue weighted by Crippen LogP contribution is 2.56. The Hall–Kier alpha value is -8.74. The fourth-order valence-electron chi connectivity index (χ4n) is 14.8. The predicted octanol–water partition coefficient (Wildman–Crippen LogP) is 20.9. The molecular weight excluding hydrogens is 1210 g/mol. The minimum Gasteiger partial charge on any atom is -0.478 e. The van der Waals surface area contributed by atoms with E-state index in [0.29, 0.717) is 35.0 Å². The summed E-state index contributed by atoms with van der Waals surface area (Å²) in [6.45, 7) is 0. The van der Waals surface area contributed by atoms with Gasteiger partial charge in [0.15, 0.2) is 0 Å². The van der Waals surface area contributed by atoms with Gasteiger partial charge in [-0.15, -0.1) is 45.3 Å². The summed E-state index contributed by atoms with van der Waals surface area (Å²) in [5, 5.41) is 21.1. The number of carboxylic acid groups (broad SMARTS) is 2. The van der Waals surface area contributed by atoms with Crippen LogP contribution in [0.25, 0.3) is 116 Å². The quantitative estimate of drug-likeness (QED) is 0.129. The SMILES string of the molecule is O=C(O)c1cc(-c2cc(C(=O)O)cc(-c3cc4sc(-c5ccc(-c6ccc7c(c6)N(c6ccccc6)C6CCCC76)c6nsnc56)cc4s3)c2)cc(-c2cc3sc(-c4ccc(-c5ccc6c(c5)N(c5ccccc5)C5CCCC65)c5nsnc45)cc3s2)c1. The van der Waals surface area contributed by atoms with Crippen LogP contribution in [-0.4, -0.2) is 51.7 Å². The summed E-state index contributed by atoms with van der Waals surface area (Å²) in [6.07, 6.45) is 7.32. The van der Waals surface area contributed by atoms with E-state index in [1.54, 1.807) is 69.6 Å². The first-order chi connectivity index (χ1) is 43.2. The molecule has 2 saturated carbocycles. The monoisotopic (exact) mass is 1250 g/mol. The van der Waals surface area contributed by atoms with Gasteiger partial charge >= 0.3 is 11.9 Å². The molecule has 14 aromatic rings. The van der Waals surface area contributed by atoms with Gasteiger partial charge in [-0.2, -0.15) is 17.5 Å². The van der Waals surface area contributed by atoms with Crippen molar-refractivity contribution in [2.24, 2.45) is 0 Å². The average molecular weight is 1250 g/mol. The van der Waals surface area contributed by atoms with Crippen LogP contribution < -0.4 is 9.80 Å². The summed E-state index contributed by atoms with van der Waals surface area (Å²) in [4.78, 5) is 34.9. The van der Waals surface area contributed by atoms with Gasteiger partial charge in [0, 0.05) is 107 Å². The molecule has 16 heteroatoms. The predicted molar refractivity (Wildman–Crippen MR) is 365 cm³/mol. The summed E-state index contributed by atoms with van der Waals surface area (Å²) in [5.74, 6) is -1.04. The second-order valence-electron chi connectivity index (χ2n) is 23.5. The van der Waals surface area contributed by atoms with E-state index < -0.39 is 11.9 Å². The molecule has 4 atom stereocenters. The van der Waals surface area contributed by atoms with Gasteiger partial charge in [0.05, 0.1) is 34.6 Å². The zero-order chi connectivity index (χ0) is 58.5. The number of aromatic nitrogens is 4. The lowest BCUT2D eigenvalue weighted by Crippen LogP contribution is -2.26. The van der Waals surface area contributed by atoms with Crippen molar-refractivity contribution in [3.63, 3.8) is 0 Å². The molecule has 0 radical (unpaired) electrons. The number of carboxylic acids is 2. The molecular formula is C72H48N6O4S6. The molecule has 2 fully saturated rings. The molecule has 8 aromatic carbocycles. The topological polar surface area (TPSA) is 133 Å². The molecule has 0 bridgehead atoms. The van der Waals surface area contributed by atoms with E-state index in [-0.39, 0.29) is 11.1 Å². The number of hydrogen-bond acceptors (Lipinski definition) is 14. The van der Waals surface area contributed by atoms with Crippen LogP contribution in [0.2, 0.25) is 0 Å². The summed E-state index contributed by atoms with van der Waals surface area (Å²) >= 11 is 9.07. The first-order valence-corrected chi connectivity index (χ1v) is 34.3. The van der Waals surface area contributed by atoms with E-state index in [9.17, 15) is 19.8 Å². The van der Waals surface area contributed by atoms with Gasteiger partial charge in [-0.05, 0) is 167 Å². The van der Waals surface area contributed by atoms with Crippen molar-refractivity contribution in [1.29, 1.82) is 0 Å². The number of aromatic carboxylic acids is 2. The van der Waals surface area contributed by atoms with Gasteiger partial charge in [0.2, 0.25) is 0 Å². The van der Waals surface area contributed by atoms with E-state index in [0.717, 1.165) is 105 Å². The largest absolute Gasteiger partial charge is 0.478 e. The van der Waals surface area contributed by atoms with Gasteiger partial charge in [0.25, 0.3) is 0 Å². The number of nitrogens with zero attached hydrogens (tertiary/aromatic N) is 6. The molecule has 4 aliphatic rings. The van der Waals surface area contributed by atoms with Crippen molar-refractivity contribution >= 4 is 144 Å². The maximum absolute atomic E-state index is 12.9. The Morgan fingerprint density at radius 3 is 1.17 bits per heavy atom. The fraction of sp³-hybridized carbons (Fsp3) is 0.139. The number of thiophene rings is 4. The van der Waals surface area contributed by atoms with Gasteiger partial charge in [-0.1, -0.05) is 97.8 Å². The van der Waals surface area contributed by atoms with Crippen LogP contribution >= 0.6 is 68.8 Å². The van der Waals surface area contributed by atoms with Crippen molar-refractivity contribution < 1.29 is 19.8 Å². The van der Waals surface area contributed by atoms with Gasteiger partial charge in [-0.25, -0.2) is 9.59 Å². The van der Waals surface area contributed by atoms with Crippen molar-refractivity contribution in [3.05, 3.63) is 204 Å². The molecule has 2 aliphatic heterocycles. The van der Waals surface area contributed by atoms with Crippen molar-refractivity contribution in [1.82, 2.24) is 17.5 Å². The van der Waals surface area contributed by atoms with Crippen molar-refractivity contribution in [3.8, 4) is 75.1 Å². The summed E-state index contributed by atoms with van der Waals surface area (Å²) in [5.41, 5.74) is 20.9. The molecule has 10 nitrogen and oxygen atoms in total. The number of hydrogen-bond donors (Lipinski definition) is 2. The maximum atomic E-state index is 12.9. The Morgan fingerprint density at radius 2 is 0.750 bits per heavy atom. The highest BCUT2D eigenvalue weighted by molar-refractivity contribution is 7.31. The maximum Gasteiger partial charge on any atom is 0.335 e. The van der Waals surface area contributed by atoms with Gasteiger partial charge < -0.3 is 20.0 Å². The third-order valence-corrected chi connectivity index (χ3v) is 24.5. The Bertz CT molecular complexity index is 4830. The van der Waals surface area contributed by atoms with Crippen molar-refractivity contribution in [2.45, 2.75) is 62.4 Å². The third-order valence-electron chi connectivity index (χ3n) is 18.7. The number of fused-ring (bicyclic) bond motifs is 10. The molecule has 18 rings (SSSR count). The van der Waals surface area contributed by atoms with Crippen LogP contribution in [0.4, 0.5) is 22.7 Å². The van der Waals surface area contributed by atoms with Gasteiger partial charge in [0.1, 0.15) is 22.1 Å². The van der Waals surface area contributed by atoms with E-state index >= 15 is 0 Å². The lowest BCUT2D eigenvalue weighted by Gasteiger charge is -2.27. The van der Waals surface area contributed by atoms with Crippen LogP contribution in [0.15, 0.2) is 182 Å². The normalized spacial score (nSPS) is 17.6. The van der Waals surface area contributed by atoms with E-state index in [2.05, 4.69) is 155 Å².